The highest BCUT2D eigenvalue weighted by Gasteiger charge is 2.21. The van der Waals surface area contributed by atoms with E-state index >= 15 is 0 Å². The maximum absolute atomic E-state index is 11.6. The predicted molar refractivity (Wildman–Crippen MR) is 53.6 cm³/mol. The molecule has 0 aromatic heterocycles. The van der Waals surface area contributed by atoms with E-state index in [9.17, 15) is 4.79 Å². The van der Waals surface area contributed by atoms with Crippen molar-refractivity contribution in [3.8, 4) is 0 Å². The van der Waals surface area contributed by atoms with E-state index in [1.54, 1.807) is 18.9 Å². The van der Waals surface area contributed by atoms with Crippen molar-refractivity contribution in [1.82, 2.24) is 4.90 Å². The summed E-state index contributed by atoms with van der Waals surface area (Å²) in [4.78, 5) is 13.4. The summed E-state index contributed by atoms with van der Waals surface area (Å²) in [5.41, 5.74) is 0. The first-order valence-corrected chi connectivity index (χ1v) is 4.87. The van der Waals surface area contributed by atoms with Gasteiger partial charge in [-0.1, -0.05) is 13.8 Å². The van der Waals surface area contributed by atoms with Crippen molar-refractivity contribution in [3.63, 3.8) is 0 Å². The first-order chi connectivity index (χ1) is 6.08. The Morgan fingerprint density at radius 1 is 1.38 bits per heavy atom. The zero-order chi connectivity index (χ0) is 10.4. The number of hydrogen-bond acceptors (Lipinski definition) is 2. The minimum absolute atomic E-state index is 0.0659. The van der Waals surface area contributed by atoms with Crippen molar-refractivity contribution in [1.29, 1.82) is 0 Å². The Morgan fingerprint density at radius 3 is 2.15 bits per heavy atom. The second-order valence-electron chi connectivity index (χ2n) is 3.30. The summed E-state index contributed by atoms with van der Waals surface area (Å²) in [5, 5.41) is 0. The number of likely N-dealkylation sites (N-methyl/N-ethyl adjacent to an activating group) is 1. The summed E-state index contributed by atoms with van der Waals surface area (Å²) in [6.07, 6.45) is 1.66. The van der Waals surface area contributed by atoms with Gasteiger partial charge in [0.05, 0.1) is 0 Å². The molecule has 0 N–H and O–H groups in total. The molecule has 0 heterocycles. The van der Waals surface area contributed by atoms with E-state index < -0.39 is 0 Å². The summed E-state index contributed by atoms with van der Waals surface area (Å²) >= 11 is 0. The molecule has 0 bridgehead atoms. The van der Waals surface area contributed by atoms with Crippen LogP contribution in [0.1, 0.15) is 33.6 Å². The van der Waals surface area contributed by atoms with Crippen LogP contribution in [0.5, 0.6) is 0 Å². The van der Waals surface area contributed by atoms with Crippen LogP contribution in [0.3, 0.4) is 0 Å². The fraction of sp³-hybridized carbons (Fsp3) is 0.900. The Hall–Kier alpha value is -0.570. The van der Waals surface area contributed by atoms with Crippen molar-refractivity contribution >= 4 is 5.91 Å². The molecule has 1 unspecified atom stereocenters. The van der Waals surface area contributed by atoms with Gasteiger partial charge in [0.25, 0.3) is 5.91 Å². The van der Waals surface area contributed by atoms with Crippen LogP contribution in [-0.2, 0) is 9.53 Å². The molecule has 0 saturated carbocycles. The molecule has 3 nitrogen and oxygen atoms in total. The lowest BCUT2D eigenvalue weighted by Gasteiger charge is -2.28. The lowest BCUT2D eigenvalue weighted by atomic mass is 10.1. The number of carbonyl (C=O) groups is 1. The van der Waals surface area contributed by atoms with E-state index in [1.165, 1.54) is 0 Å². The van der Waals surface area contributed by atoms with Gasteiger partial charge in [-0.05, 0) is 19.8 Å². The summed E-state index contributed by atoms with van der Waals surface area (Å²) in [7, 11) is 3.40. The van der Waals surface area contributed by atoms with Gasteiger partial charge in [-0.25, -0.2) is 0 Å². The Balaban J connectivity index is 4.22. The lowest BCUT2D eigenvalue weighted by molar-refractivity contribution is -0.141. The zero-order valence-electron chi connectivity index (χ0n) is 9.33. The molecule has 0 aromatic rings. The van der Waals surface area contributed by atoms with Gasteiger partial charge in [-0.2, -0.15) is 0 Å². The van der Waals surface area contributed by atoms with E-state index in [2.05, 4.69) is 13.8 Å². The standard InChI is InChI=1S/C10H21NO2/c1-6-9(7-2)11(4)10(12)8(3)13-5/h8-9H,6-7H2,1-5H3. The van der Waals surface area contributed by atoms with Crippen LogP contribution in [0.25, 0.3) is 0 Å². The molecule has 0 aliphatic carbocycles. The van der Waals surface area contributed by atoms with Crippen LogP contribution in [0.15, 0.2) is 0 Å². The highest BCUT2D eigenvalue weighted by Crippen LogP contribution is 2.08. The van der Waals surface area contributed by atoms with E-state index in [-0.39, 0.29) is 12.0 Å². The van der Waals surface area contributed by atoms with Gasteiger partial charge in [0.1, 0.15) is 6.10 Å². The van der Waals surface area contributed by atoms with E-state index in [0.717, 1.165) is 12.8 Å². The van der Waals surface area contributed by atoms with Crippen LogP contribution in [0.2, 0.25) is 0 Å². The summed E-state index contributed by atoms with van der Waals surface area (Å²) in [6, 6.07) is 0.338. The van der Waals surface area contributed by atoms with Crippen LogP contribution < -0.4 is 0 Å². The number of carbonyl (C=O) groups excluding carboxylic acids is 1. The highest BCUT2D eigenvalue weighted by molar-refractivity contribution is 5.80. The van der Waals surface area contributed by atoms with E-state index in [0.29, 0.717) is 6.04 Å². The summed E-state index contributed by atoms with van der Waals surface area (Å²) in [6.45, 7) is 5.96. The Bertz CT molecular complexity index is 155. The number of nitrogens with zero attached hydrogens (tertiary/aromatic N) is 1. The van der Waals surface area contributed by atoms with Crippen molar-refractivity contribution < 1.29 is 9.53 Å². The first-order valence-electron chi connectivity index (χ1n) is 4.87. The van der Waals surface area contributed by atoms with Crippen LogP contribution >= 0.6 is 0 Å². The van der Waals surface area contributed by atoms with Crippen molar-refractivity contribution in [2.45, 2.75) is 45.8 Å². The molecule has 0 aliphatic rings. The normalized spacial score (nSPS) is 13.1. The average Bonchev–Trinajstić information content (AvgIpc) is 2.17. The molecule has 0 aromatic carbocycles. The average molecular weight is 187 g/mol. The minimum Gasteiger partial charge on any atom is -0.372 e. The van der Waals surface area contributed by atoms with Crippen LogP contribution in [-0.4, -0.2) is 37.1 Å². The SMILES string of the molecule is CCC(CC)N(C)C(=O)C(C)OC. The minimum atomic E-state index is -0.328. The monoisotopic (exact) mass is 187 g/mol. The van der Waals surface area contributed by atoms with Gasteiger partial charge in [0.2, 0.25) is 0 Å². The summed E-state index contributed by atoms with van der Waals surface area (Å²) in [5.74, 6) is 0.0659. The highest BCUT2D eigenvalue weighted by atomic mass is 16.5. The fourth-order valence-electron chi connectivity index (χ4n) is 1.40. The van der Waals surface area contributed by atoms with Gasteiger partial charge in [-0.15, -0.1) is 0 Å². The van der Waals surface area contributed by atoms with E-state index in [1.807, 2.05) is 7.05 Å². The topological polar surface area (TPSA) is 29.5 Å². The maximum atomic E-state index is 11.6. The van der Waals surface area contributed by atoms with Crippen molar-refractivity contribution in [2.24, 2.45) is 0 Å². The maximum Gasteiger partial charge on any atom is 0.251 e. The second-order valence-corrected chi connectivity index (χ2v) is 3.30. The Kier molecular flexibility index (Phi) is 5.71. The van der Waals surface area contributed by atoms with Gasteiger partial charge in [-0.3, -0.25) is 4.79 Å². The molecule has 78 valence electrons. The molecule has 0 radical (unpaired) electrons. The lowest BCUT2D eigenvalue weighted by Crippen LogP contribution is -2.42. The molecule has 0 rings (SSSR count). The van der Waals surface area contributed by atoms with Gasteiger partial charge < -0.3 is 9.64 Å². The number of hydrogen-bond donors (Lipinski definition) is 0. The smallest absolute Gasteiger partial charge is 0.251 e. The van der Waals surface area contributed by atoms with Gasteiger partial charge in [0, 0.05) is 20.2 Å². The summed E-state index contributed by atoms with van der Waals surface area (Å²) < 4.78 is 4.98. The van der Waals surface area contributed by atoms with E-state index in [4.69, 9.17) is 4.74 Å². The molecule has 0 saturated heterocycles. The zero-order valence-corrected chi connectivity index (χ0v) is 9.33. The molecule has 0 aliphatic heterocycles. The Morgan fingerprint density at radius 2 is 1.85 bits per heavy atom. The third-order valence-electron chi connectivity index (χ3n) is 2.54. The molecule has 0 fully saturated rings. The van der Waals surface area contributed by atoms with Gasteiger partial charge in [0.15, 0.2) is 0 Å². The quantitative estimate of drug-likeness (QED) is 0.655. The first kappa shape index (κ1) is 12.4. The van der Waals surface area contributed by atoms with Crippen molar-refractivity contribution in [3.05, 3.63) is 0 Å². The van der Waals surface area contributed by atoms with Gasteiger partial charge >= 0.3 is 0 Å². The number of amides is 1. The van der Waals surface area contributed by atoms with Crippen molar-refractivity contribution in [2.75, 3.05) is 14.2 Å². The molecular weight excluding hydrogens is 166 g/mol. The second kappa shape index (κ2) is 5.97. The van der Waals surface area contributed by atoms with Crippen LogP contribution in [0.4, 0.5) is 0 Å². The number of rotatable bonds is 5. The molecule has 13 heavy (non-hydrogen) atoms. The fourth-order valence-corrected chi connectivity index (χ4v) is 1.40. The van der Waals surface area contributed by atoms with Crippen LogP contribution in [0, 0.1) is 0 Å². The molecule has 0 spiro atoms. The largest absolute Gasteiger partial charge is 0.372 e. The molecular formula is C10H21NO2. The molecule has 1 amide bonds. The number of ether oxygens (including phenoxy) is 1. The predicted octanol–water partition coefficient (Wildman–Crippen LogP) is 1.67. The third kappa shape index (κ3) is 3.35. The third-order valence-corrected chi connectivity index (χ3v) is 2.54. The Labute approximate surface area is 81.1 Å². The number of methoxy groups -OCH3 is 1. The molecule has 3 heteroatoms. The molecule has 1 atom stereocenters.